The molecule has 20 heavy (non-hydrogen) atoms. The summed E-state index contributed by atoms with van der Waals surface area (Å²) in [6, 6.07) is 6.71. The number of nitrogens with zero attached hydrogens (tertiary/aromatic N) is 1. The molecule has 0 spiro atoms. The van der Waals surface area contributed by atoms with Crippen LogP contribution in [0.5, 0.6) is 5.75 Å². The van der Waals surface area contributed by atoms with Gasteiger partial charge in [-0.15, -0.1) is 0 Å². The molecule has 0 fully saturated rings. The molecule has 0 amide bonds. The van der Waals surface area contributed by atoms with E-state index in [1.165, 1.54) is 12.3 Å². The van der Waals surface area contributed by atoms with Gasteiger partial charge in [-0.25, -0.2) is 4.39 Å². The first kappa shape index (κ1) is 14.8. The molecule has 1 N–H and O–H groups in total. The third kappa shape index (κ3) is 3.92. The van der Waals surface area contributed by atoms with E-state index >= 15 is 0 Å². The molecular weight excluding hydrogens is 279 g/mol. The Morgan fingerprint density at radius 3 is 2.90 bits per heavy atom. The lowest BCUT2D eigenvalue weighted by Gasteiger charge is -2.10. The van der Waals surface area contributed by atoms with Gasteiger partial charge in [-0.2, -0.15) is 0 Å². The Morgan fingerprint density at radius 2 is 2.20 bits per heavy atom. The summed E-state index contributed by atoms with van der Waals surface area (Å²) in [5, 5.41) is 3.66. The molecule has 0 saturated heterocycles. The van der Waals surface area contributed by atoms with Crippen LogP contribution in [0, 0.1) is 5.82 Å². The molecule has 3 nitrogen and oxygen atoms in total. The molecule has 2 rings (SSSR count). The number of hydrogen-bond acceptors (Lipinski definition) is 3. The largest absolute Gasteiger partial charge is 0.486 e. The minimum atomic E-state index is -0.370. The maximum absolute atomic E-state index is 13.9. The van der Waals surface area contributed by atoms with E-state index in [0.717, 1.165) is 17.7 Å². The van der Waals surface area contributed by atoms with Gasteiger partial charge in [-0.05, 0) is 30.3 Å². The van der Waals surface area contributed by atoms with Gasteiger partial charge in [0.25, 0.3) is 0 Å². The average Bonchev–Trinajstić information content (AvgIpc) is 2.45. The quantitative estimate of drug-likeness (QED) is 0.884. The summed E-state index contributed by atoms with van der Waals surface area (Å²) in [6.45, 7) is 3.71. The van der Waals surface area contributed by atoms with Crippen molar-refractivity contribution in [3.05, 3.63) is 58.6 Å². The van der Waals surface area contributed by atoms with Gasteiger partial charge in [0.15, 0.2) is 11.6 Å². The summed E-state index contributed by atoms with van der Waals surface area (Å²) in [4.78, 5) is 3.89. The minimum Gasteiger partial charge on any atom is -0.486 e. The maximum atomic E-state index is 13.9. The van der Waals surface area contributed by atoms with Crippen LogP contribution in [0.1, 0.15) is 18.1 Å². The monoisotopic (exact) mass is 294 g/mol. The Kier molecular flexibility index (Phi) is 5.32. The summed E-state index contributed by atoms with van der Waals surface area (Å²) in [5.74, 6) is -0.149. The van der Waals surface area contributed by atoms with Gasteiger partial charge in [0, 0.05) is 24.5 Å². The third-order valence-corrected chi connectivity index (χ3v) is 3.16. The molecule has 106 valence electrons. The molecule has 1 aromatic carbocycles. The highest BCUT2D eigenvalue weighted by molar-refractivity contribution is 6.31. The highest BCUT2D eigenvalue weighted by Crippen LogP contribution is 2.21. The van der Waals surface area contributed by atoms with Crippen LogP contribution in [0.4, 0.5) is 4.39 Å². The van der Waals surface area contributed by atoms with Crippen LogP contribution >= 0.6 is 11.6 Å². The van der Waals surface area contributed by atoms with Crippen LogP contribution < -0.4 is 10.1 Å². The van der Waals surface area contributed by atoms with Crippen molar-refractivity contribution in [2.75, 3.05) is 6.54 Å². The molecule has 2 aromatic rings. The summed E-state index contributed by atoms with van der Waals surface area (Å²) < 4.78 is 19.3. The summed E-state index contributed by atoms with van der Waals surface area (Å²) in [7, 11) is 0. The van der Waals surface area contributed by atoms with Crippen molar-refractivity contribution in [1.82, 2.24) is 10.3 Å². The lowest BCUT2D eigenvalue weighted by atomic mass is 10.2. The number of nitrogens with one attached hydrogen (secondary N) is 1. The zero-order chi connectivity index (χ0) is 14.4. The standard InChI is InChI=1S/C15H16ClFN2O/c1-2-18-8-11-3-4-15(14(17)7-11)20-10-12-5-6-19-9-13(12)16/h3-7,9,18H,2,8,10H2,1H3. The number of pyridine rings is 1. The zero-order valence-corrected chi connectivity index (χ0v) is 12.0. The Hall–Kier alpha value is -1.65. The van der Waals surface area contributed by atoms with Gasteiger partial charge < -0.3 is 10.1 Å². The van der Waals surface area contributed by atoms with Crippen LogP contribution in [0.2, 0.25) is 5.02 Å². The predicted molar refractivity (Wildman–Crippen MR) is 77.4 cm³/mol. The van der Waals surface area contributed by atoms with Crippen LogP contribution in [-0.2, 0) is 13.2 Å². The molecule has 0 saturated carbocycles. The van der Waals surface area contributed by atoms with E-state index in [9.17, 15) is 4.39 Å². The van der Waals surface area contributed by atoms with Crippen molar-refractivity contribution in [3.63, 3.8) is 0 Å². The fraction of sp³-hybridized carbons (Fsp3) is 0.267. The topological polar surface area (TPSA) is 34.1 Å². The second kappa shape index (κ2) is 7.22. The second-order valence-electron chi connectivity index (χ2n) is 4.30. The number of rotatable bonds is 6. The molecule has 1 heterocycles. The smallest absolute Gasteiger partial charge is 0.165 e. The first-order valence-corrected chi connectivity index (χ1v) is 6.79. The number of aromatic nitrogens is 1. The molecule has 0 radical (unpaired) electrons. The Balaban J connectivity index is 2.01. The fourth-order valence-corrected chi connectivity index (χ4v) is 1.89. The second-order valence-corrected chi connectivity index (χ2v) is 4.71. The number of hydrogen-bond donors (Lipinski definition) is 1. The fourth-order valence-electron chi connectivity index (χ4n) is 1.72. The molecule has 0 aliphatic heterocycles. The van der Waals surface area contributed by atoms with Crippen molar-refractivity contribution in [3.8, 4) is 5.75 Å². The van der Waals surface area contributed by atoms with Crippen LogP contribution in [0.15, 0.2) is 36.7 Å². The molecular formula is C15H16ClFN2O. The van der Waals surface area contributed by atoms with Crippen LogP contribution in [-0.4, -0.2) is 11.5 Å². The van der Waals surface area contributed by atoms with Gasteiger partial charge in [0.05, 0.1) is 5.02 Å². The predicted octanol–water partition coefficient (Wildman–Crippen LogP) is 3.56. The van der Waals surface area contributed by atoms with Crippen LogP contribution in [0.3, 0.4) is 0 Å². The Labute approximate surface area is 122 Å². The van der Waals surface area contributed by atoms with Gasteiger partial charge in [0.2, 0.25) is 0 Å². The van der Waals surface area contributed by atoms with Gasteiger partial charge >= 0.3 is 0 Å². The molecule has 0 atom stereocenters. The summed E-state index contributed by atoms with van der Waals surface area (Å²) in [6.07, 6.45) is 3.16. The SMILES string of the molecule is CCNCc1ccc(OCc2ccncc2Cl)c(F)c1. The van der Waals surface area contributed by atoms with Gasteiger partial charge in [0.1, 0.15) is 6.61 Å². The van der Waals surface area contributed by atoms with E-state index in [1.807, 2.05) is 13.0 Å². The third-order valence-electron chi connectivity index (χ3n) is 2.82. The maximum Gasteiger partial charge on any atom is 0.165 e. The van der Waals surface area contributed by atoms with Gasteiger partial charge in [-0.3, -0.25) is 4.98 Å². The lowest BCUT2D eigenvalue weighted by Crippen LogP contribution is -2.11. The van der Waals surface area contributed by atoms with E-state index in [2.05, 4.69) is 10.3 Å². The van der Waals surface area contributed by atoms with E-state index < -0.39 is 0 Å². The average molecular weight is 295 g/mol. The highest BCUT2D eigenvalue weighted by Gasteiger charge is 2.06. The Bertz CT molecular complexity index is 578. The summed E-state index contributed by atoms with van der Waals surface area (Å²) >= 11 is 5.97. The molecule has 0 unspecified atom stereocenters. The van der Waals surface area contributed by atoms with E-state index in [4.69, 9.17) is 16.3 Å². The number of halogens is 2. The molecule has 0 aliphatic carbocycles. The molecule has 0 aliphatic rings. The summed E-state index contributed by atoms with van der Waals surface area (Å²) in [5.41, 5.74) is 1.66. The molecule has 5 heteroatoms. The first-order chi connectivity index (χ1) is 9.70. The Morgan fingerprint density at radius 1 is 1.35 bits per heavy atom. The van der Waals surface area contributed by atoms with Crippen molar-refractivity contribution in [1.29, 1.82) is 0 Å². The van der Waals surface area contributed by atoms with Crippen molar-refractivity contribution in [2.24, 2.45) is 0 Å². The van der Waals surface area contributed by atoms with Gasteiger partial charge in [-0.1, -0.05) is 24.6 Å². The minimum absolute atomic E-state index is 0.213. The zero-order valence-electron chi connectivity index (χ0n) is 11.2. The van der Waals surface area contributed by atoms with E-state index in [-0.39, 0.29) is 18.2 Å². The van der Waals surface area contributed by atoms with Crippen molar-refractivity contribution >= 4 is 11.6 Å². The number of ether oxygens (including phenoxy) is 1. The number of benzene rings is 1. The van der Waals surface area contributed by atoms with E-state index in [1.54, 1.807) is 18.3 Å². The van der Waals surface area contributed by atoms with E-state index in [0.29, 0.717) is 11.6 Å². The first-order valence-electron chi connectivity index (χ1n) is 6.41. The lowest BCUT2D eigenvalue weighted by molar-refractivity contribution is 0.290. The highest BCUT2D eigenvalue weighted by atomic mass is 35.5. The molecule has 1 aromatic heterocycles. The van der Waals surface area contributed by atoms with Crippen LogP contribution in [0.25, 0.3) is 0 Å². The normalized spacial score (nSPS) is 10.6. The van der Waals surface area contributed by atoms with Crippen molar-refractivity contribution in [2.45, 2.75) is 20.1 Å². The van der Waals surface area contributed by atoms with Crippen molar-refractivity contribution < 1.29 is 9.13 Å². The molecule has 0 bridgehead atoms.